The van der Waals surface area contributed by atoms with Gasteiger partial charge in [0, 0.05) is 0 Å². The minimum atomic E-state index is -0.859. The Hall–Kier alpha value is -1.10. The van der Waals surface area contributed by atoms with Gasteiger partial charge in [0.1, 0.15) is 12.1 Å². The van der Waals surface area contributed by atoms with Gasteiger partial charge in [0.2, 0.25) is 11.8 Å². The molecule has 2 amide bonds. The summed E-state index contributed by atoms with van der Waals surface area (Å²) in [6, 6.07) is -1.27. The first-order valence-electron chi connectivity index (χ1n) is 4.35. The molecule has 3 atom stereocenters. The maximum absolute atomic E-state index is 11.3. The predicted molar refractivity (Wildman–Crippen MR) is 45.8 cm³/mol. The molecule has 0 radical (unpaired) electrons. The van der Waals surface area contributed by atoms with Crippen LogP contribution in [0.25, 0.3) is 0 Å². The van der Waals surface area contributed by atoms with Crippen LogP contribution in [0.15, 0.2) is 0 Å². The minimum Gasteiger partial charge on any atom is -0.391 e. The summed E-state index contributed by atoms with van der Waals surface area (Å²) in [7, 11) is 0. The van der Waals surface area contributed by atoms with E-state index in [4.69, 9.17) is 5.11 Å². The highest BCUT2D eigenvalue weighted by Crippen LogP contribution is 2.03. The van der Waals surface area contributed by atoms with E-state index in [1.807, 2.05) is 6.92 Å². The average Bonchev–Trinajstić information content (AvgIpc) is 2.07. The Balaban J connectivity index is 2.67. The Bertz CT molecular complexity index is 227. The second kappa shape index (κ2) is 3.74. The Morgan fingerprint density at radius 3 is 2.46 bits per heavy atom. The van der Waals surface area contributed by atoms with E-state index in [2.05, 4.69) is 10.6 Å². The van der Waals surface area contributed by atoms with Gasteiger partial charge < -0.3 is 15.7 Å². The summed E-state index contributed by atoms with van der Waals surface area (Å²) in [5.74, 6) is -0.547. The SMILES string of the molecule is CC[C@H]1NC(=O)[C@H]([C@@H](C)O)NC1=O. The van der Waals surface area contributed by atoms with Crippen LogP contribution in [0, 0.1) is 0 Å². The lowest BCUT2D eigenvalue weighted by molar-refractivity contribution is -0.139. The van der Waals surface area contributed by atoms with Crippen LogP contribution in [0.1, 0.15) is 20.3 Å². The summed E-state index contributed by atoms with van der Waals surface area (Å²) in [5.41, 5.74) is 0. The van der Waals surface area contributed by atoms with Gasteiger partial charge in [-0.3, -0.25) is 9.59 Å². The molecule has 0 bridgehead atoms. The molecule has 74 valence electrons. The summed E-state index contributed by atoms with van der Waals surface area (Å²) < 4.78 is 0. The van der Waals surface area contributed by atoms with Crippen molar-refractivity contribution in [3.05, 3.63) is 0 Å². The van der Waals surface area contributed by atoms with Gasteiger partial charge >= 0.3 is 0 Å². The summed E-state index contributed by atoms with van der Waals surface area (Å²) in [6.45, 7) is 3.28. The van der Waals surface area contributed by atoms with Crippen molar-refractivity contribution in [2.45, 2.75) is 38.5 Å². The number of amides is 2. The molecule has 1 heterocycles. The molecule has 1 saturated heterocycles. The molecular formula is C8H14N2O3. The van der Waals surface area contributed by atoms with Crippen LogP contribution in [0.5, 0.6) is 0 Å². The number of hydrogen-bond acceptors (Lipinski definition) is 3. The van der Waals surface area contributed by atoms with E-state index in [1.165, 1.54) is 6.92 Å². The number of piperazine rings is 1. The highest BCUT2D eigenvalue weighted by atomic mass is 16.3. The Kier molecular flexibility index (Phi) is 2.87. The Morgan fingerprint density at radius 2 is 2.00 bits per heavy atom. The van der Waals surface area contributed by atoms with Gasteiger partial charge in [-0.15, -0.1) is 0 Å². The van der Waals surface area contributed by atoms with Gasteiger partial charge in [-0.05, 0) is 13.3 Å². The third kappa shape index (κ3) is 1.98. The van der Waals surface area contributed by atoms with Crippen molar-refractivity contribution in [2.24, 2.45) is 0 Å². The largest absolute Gasteiger partial charge is 0.391 e. The fourth-order valence-corrected chi connectivity index (χ4v) is 1.27. The molecule has 1 rings (SSSR count). The fourth-order valence-electron chi connectivity index (χ4n) is 1.27. The van der Waals surface area contributed by atoms with E-state index in [0.29, 0.717) is 6.42 Å². The third-order valence-electron chi connectivity index (χ3n) is 2.10. The predicted octanol–water partition coefficient (Wildman–Crippen LogP) is -1.24. The first-order chi connectivity index (χ1) is 6.06. The molecule has 0 aromatic heterocycles. The van der Waals surface area contributed by atoms with Gasteiger partial charge in [-0.25, -0.2) is 0 Å². The lowest BCUT2D eigenvalue weighted by Gasteiger charge is -2.30. The topological polar surface area (TPSA) is 78.4 Å². The molecule has 0 aliphatic carbocycles. The Morgan fingerprint density at radius 1 is 1.38 bits per heavy atom. The smallest absolute Gasteiger partial charge is 0.245 e. The van der Waals surface area contributed by atoms with Crippen LogP contribution < -0.4 is 10.6 Å². The molecule has 13 heavy (non-hydrogen) atoms. The third-order valence-corrected chi connectivity index (χ3v) is 2.10. The first-order valence-corrected chi connectivity index (χ1v) is 4.35. The lowest BCUT2D eigenvalue weighted by atomic mass is 10.1. The molecule has 1 aliphatic heterocycles. The molecule has 1 fully saturated rings. The number of hydrogen-bond donors (Lipinski definition) is 3. The van der Waals surface area contributed by atoms with E-state index in [9.17, 15) is 9.59 Å². The molecule has 0 unspecified atom stereocenters. The zero-order chi connectivity index (χ0) is 10.0. The summed E-state index contributed by atoms with van der Waals surface area (Å²) in [6.07, 6.45) is -0.300. The monoisotopic (exact) mass is 186 g/mol. The van der Waals surface area contributed by atoms with Gasteiger partial charge in [0.15, 0.2) is 0 Å². The van der Waals surface area contributed by atoms with Crippen LogP contribution in [0.2, 0.25) is 0 Å². The van der Waals surface area contributed by atoms with Gasteiger partial charge in [-0.1, -0.05) is 6.92 Å². The second-order valence-corrected chi connectivity index (χ2v) is 3.20. The van der Waals surface area contributed by atoms with Crippen molar-refractivity contribution in [1.29, 1.82) is 0 Å². The normalized spacial score (nSPS) is 30.7. The molecule has 0 saturated carbocycles. The van der Waals surface area contributed by atoms with Crippen molar-refractivity contribution in [3.63, 3.8) is 0 Å². The number of nitrogens with one attached hydrogen (secondary N) is 2. The minimum absolute atomic E-state index is 0.229. The van der Waals surface area contributed by atoms with E-state index in [1.54, 1.807) is 0 Å². The molecule has 3 N–H and O–H groups in total. The van der Waals surface area contributed by atoms with Crippen molar-refractivity contribution in [3.8, 4) is 0 Å². The second-order valence-electron chi connectivity index (χ2n) is 3.20. The maximum atomic E-state index is 11.3. The number of aliphatic hydroxyl groups is 1. The fraction of sp³-hybridized carbons (Fsp3) is 0.750. The van der Waals surface area contributed by atoms with Crippen LogP contribution >= 0.6 is 0 Å². The van der Waals surface area contributed by atoms with E-state index in [0.717, 1.165) is 0 Å². The van der Waals surface area contributed by atoms with Crippen LogP contribution in [-0.2, 0) is 9.59 Å². The van der Waals surface area contributed by atoms with Crippen molar-refractivity contribution in [2.75, 3.05) is 0 Å². The molecular weight excluding hydrogens is 172 g/mol. The Labute approximate surface area is 76.5 Å². The van der Waals surface area contributed by atoms with Gasteiger partial charge in [0.25, 0.3) is 0 Å². The standard InChI is InChI=1S/C8H14N2O3/c1-3-5-7(12)10-6(4(2)11)8(13)9-5/h4-6,11H,3H2,1-2H3,(H,9,13)(H,10,12)/t4-,5-,6+/m1/s1. The average molecular weight is 186 g/mol. The molecule has 0 aromatic carbocycles. The van der Waals surface area contributed by atoms with Gasteiger partial charge in [0.05, 0.1) is 6.10 Å². The first kappa shape index (κ1) is 9.98. The molecule has 0 aromatic rings. The molecule has 5 nitrogen and oxygen atoms in total. The van der Waals surface area contributed by atoms with Crippen molar-refractivity contribution < 1.29 is 14.7 Å². The quantitative estimate of drug-likeness (QED) is 0.504. The number of aliphatic hydroxyl groups excluding tert-OH is 1. The molecule has 1 aliphatic rings. The zero-order valence-corrected chi connectivity index (χ0v) is 7.70. The maximum Gasteiger partial charge on any atom is 0.245 e. The summed E-state index contributed by atoms with van der Waals surface area (Å²) >= 11 is 0. The van der Waals surface area contributed by atoms with Crippen LogP contribution in [0.4, 0.5) is 0 Å². The highest BCUT2D eigenvalue weighted by Gasteiger charge is 2.34. The summed E-state index contributed by atoms with van der Waals surface area (Å²) in [5, 5.41) is 14.2. The zero-order valence-electron chi connectivity index (χ0n) is 7.70. The molecule has 0 spiro atoms. The van der Waals surface area contributed by atoms with E-state index < -0.39 is 18.2 Å². The van der Waals surface area contributed by atoms with Gasteiger partial charge in [-0.2, -0.15) is 0 Å². The molecule has 5 heteroatoms. The summed E-state index contributed by atoms with van der Waals surface area (Å²) in [4.78, 5) is 22.5. The van der Waals surface area contributed by atoms with Crippen LogP contribution in [-0.4, -0.2) is 35.1 Å². The van der Waals surface area contributed by atoms with E-state index >= 15 is 0 Å². The van der Waals surface area contributed by atoms with E-state index in [-0.39, 0.29) is 11.8 Å². The number of rotatable bonds is 2. The van der Waals surface area contributed by atoms with Crippen molar-refractivity contribution in [1.82, 2.24) is 10.6 Å². The highest BCUT2D eigenvalue weighted by molar-refractivity contribution is 5.97. The van der Waals surface area contributed by atoms with Crippen LogP contribution in [0.3, 0.4) is 0 Å². The lowest BCUT2D eigenvalue weighted by Crippen LogP contribution is -2.64. The number of carbonyl (C=O) groups is 2. The van der Waals surface area contributed by atoms with Crippen molar-refractivity contribution >= 4 is 11.8 Å². The number of carbonyl (C=O) groups excluding carboxylic acids is 2.